The number of aryl methyl sites for hydroxylation is 2. The predicted octanol–water partition coefficient (Wildman–Crippen LogP) is 3.76. The second kappa shape index (κ2) is 4.71. The fourth-order valence-corrected chi connectivity index (χ4v) is 2.58. The maximum atomic E-state index is 4.73. The molecule has 0 saturated carbocycles. The van der Waals surface area contributed by atoms with Gasteiger partial charge in [-0.25, -0.2) is 15.0 Å². The zero-order chi connectivity index (χ0) is 14.3. The van der Waals surface area contributed by atoms with Gasteiger partial charge in [-0.2, -0.15) is 0 Å². The van der Waals surface area contributed by atoms with Crippen LogP contribution in [0.25, 0.3) is 22.4 Å². The Kier molecular flexibility index (Phi) is 3.01. The largest absolute Gasteiger partial charge is 0.338 e. The third-order valence-corrected chi connectivity index (χ3v) is 3.47. The summed E-state index contributed by atoms with van der Waals surface area (Å²) in [6, 6.07) is 4.27. The zero-order valence-corrected chi connectivity index (χ0v) is 12.2. The Bertz CT molecular complexity index is 771. The molecule has 0 atom stereocenters. The standard InChI is InChI=1S/C16H18N4/c1-9(2)14-12(7-17-8-18-14)16-19-13-6-10(3)5-11(4)15(13)20-16/h5-9H,1-4H3,(H,19,20). The second-order valence-electron chi connectivity index (χ2n) is 5.54. The molecule has 20 heavy (non-hydrogen) atoms. The molecular formula is C16H18N4. The van der Waals surface area contributed by atoms with Crippen LogP contribution in [-0.4, -0.2) is 19.9 Å². The molecule has 0 fully saturated rings. The first-order chi connectivity index (χ1) is 9.56. The van der Waals surface area contributed by atoms with Gasteiger partial charge in [0.25, 0.3) is 0 Å². The highest BCUT2D eigenvalue weighted by Crippen LogP contribution is 2.27. The lowest BCUT2D eigenvalue weighted by Gasteiger charge is -2.07. The molecule has 0 radical (unpaired) electrons. The molecule has 0 unspecified atom stereocenters. The van der Waals surface area contributed by atoms with Crippen molar-refractivity contribution in [3.8, 4) is 11.4 Å². The summed E-state index contributed by atoms with van der Waals surface area (Å²) in [6.45, 7) is 8.44. The van der Waals surface area contributed by atoms with Crippen LogP contribution in [0.15, 0.2) is 24.7 Å². The molecule has 0 saturated heterocycles. The molecule has 0 aliphatic heterocycles. The number of rotatable bonds is 2. The first-order valence-corrected chi connectivity index (χ1v) is 6.83. The number of nitrogens with zero attached hydrogens (tertiary/aromatic N) is 3. The SMILES string of the molecule is Cc1cc(C)c2nc(-c3cncnc3C(C)C)[nH]c2c1. The third kappa shape index (κ3) is 2.07. The molecular weight excluding hydrogens is 248 g/mol. The Hall–Kier alpha value is -2.23. The lowest BCUT2D eigenvalue weighted by atomic mass is 10.1. The topological polar surface area (TPSA) is 54.5 Å². The maximum Gasteiger partial charge on any atom is 0.141 e. The summed E-state index contributed by atoms with van der Waals surface area (Å²) < 4.78 is 0. The fourth-order valence-electron chi connectivity index (χ4n) is 2.58. The summed E-state index contributed by atoms with van der Waals surface area (Å²) in [5.74, 6) is 1.18. The third-order valence-electron chi connectivity index (χ3n) is 3.47. The lowest BCUT2D eigenvalue weighted by molar-refractivity contribution is 0.815. The van der Waals surface area contributed by atoms with Crippen molar-refractivity contribution in [2.45, 2.75) is 33.6 Å². The minimum atomic E-state index is 0.337. The Labute approximate surface area is 118 Å². The number of aromatic nitrogens is 4. The minimum Gasteiger partial charge on any atom is -0.338 e. The summed E-state index contributed by atoms with van der Waals surface area (Å²) in [7, 11) is 0. The molecule has 2 aromatic heterocycles. The van der Waals surface area contributed by atoms with Crippen molar-refractivity contribution in [2.24, 2.45) is 0 Å². The van der Waals surface area contributed by atoms with E-state index in [1.807, 2.05) is 6.20 Å². The van der Waals surface area contributed by atoms with Crippen molar-refractivity contribution < 1.29 is 0 Å². The van der Waals surface area contributed by atoms with Gasteiger partial charge in [-0.1, -0.05) is 19.9 Å². The summed E-state index contributed by atoms with van der Waals surface area (Å²) in [5, 5.41) is 0. The molecule has 0 aliphatic carbocycles. The van der Waals surface area contributed by atoms with Gasteiger partial charge in [-0.15, -0.1) is 0 Å². The van der Waals surface area contributed by atoms with Crippen LogP contribution in [-0.2, 0) is 0 Å². The highest BCUT2D eigenvalue weighted by atomic mass is 14.9. The van der Waals surface area contributed by atoms with Crippen LogP contribution in [0.2, 0.25) is 0 Å². The van der Waals surface area contributed by atoms with Crippen LogP contribution in [0.4, 0.5) is 0 Å². The summed E-state index contributed by atoms with van der Waals surface area (Å²) in [4.78, 5) is 16.7. The first-order valence-electron chi connectivity index (χ1n) is 6.83. The smallest absolute Gasteiger partial charge is 0.141 e. The number of nitrogens with one attached hydrogen (secondary N) is 1. The van der Waals surface area contributed by atoms with Gasteiger partial charge in [0, 0.05) is 6.20 Å². The van der Waals surface area contributed by atoms with E-state index in [0.717, 1.165) is 28.1 Å². The highest BCUT2D eigenvalue weighted by Gasteiger charge is 2.14. The molecule has 1 N–H and O–H groups in total. The summed E-state index contributed by atoms with van der Waals surface area (Å²) >= 11 is 0. The fraction of sp³-hybridized carbons (Fsp3) is 0.312. The van der Waals surface area contributed by atoms with E-state index >= 15 is 0 Å². The van der Waals surface area contributed by atoms with Gasteiger partial charge in [0.05, 0.1) is 22.3 Å². The molecule has 0 amide bonds. The van der Waals surface area contributed by atoms with E-state index < -0.39 is 0 Å². The number of H-pyrrole nitrogens is 1. The predicted molar refractivity (Wildman–Crippen MR) is 80.7 cm³/mol. The van der Waals surface area contributed by atoms with Gasteiger partial charge in [0.2, 0.25) is 0 Å². The van der Waals surface area contributed by atoms with E-state index in [-0.39, 0.29) is 0 Å². The number of hydrogen-bond acceptors (Lipinski definition) is 3. The van der Waals surface area contributed by atoms with Gasteiger partial charge in [-0.3, -0.25) is 0 Å². The Morgan fingerprint density at radius 3 is 2.70 bits per heavy atom. The van der Waals surface area contributed by atoms with Crippen molar-refractivity contribution in [3.05, 3.63) is 41.5 Å². The highest BCUT2D eigenvalue weighted by molar-refractivity contribution is 5.83. The monoisotopic (exact) mass is 266 g/mol. The van der Waals surface area contributed by atoms with Crippen molar-refractivity contribution in [2.75, 3.05) is 0 Å². The van der Waals surface area contributed by atoms with E-state index in [9.17, 15) is 0 Å². The second-order valence-corrected chi connectivity index (χ2v) is 5.54. The van der Waals surface area contributed by atoms with Gasteiger partial charge < -0.3 is 4.98 Å². The maximum absolute atomic E-state index is 4.73. The van der Waals surface area contributed by atoms with E-state index in [1.54, 1.807) is 6.33 Å². The molecule has 3 rings (SSSR count). The Morgan fingerprint density at radius 2 is 1.95 bits per heavy atom. The molecule has 0 aliphatic rings. The van der Waals surface area contributed by atoms with Crippen LogP contribution in [0.5, 0.6) is 0 Å². The van der Waals surface area contributed by atoms with Crippen molar-refractivity contribution in [3.63, 3.8) is 0 Å². The van der Waals surface area contributed by atoms with Crippen molar-refractivity contribution in [1.82, 2.24) is 19.9 Å². The quantitative estimate of drug-likeness (QED) is 0.768. The summed E-state index contributed by atoms with van der Waals surface area (Å²) in [6.07, 6.45) is 3.43. The number of imidazole rings is 1. The molecule has 4 heteroatoms. The van der Waals surface area contributed by atoms with Gasteiger partial charge in [0.1, 0.15) is 12.2 Å². The molecule has 2 heterocycles. The van der Waals surface area contributed by atoms with E-state index in [0.29, 0.717) is 5.92 Å². The van der Waals surface area contributed by atoms with Gasteiger partial charge in [0.15, 0.2) is 0 Å². The lowest BCUT2D eigenvalue weighted by Crippen LogP contribution is -1.98. The number of aromatic amines is 1. The number of hydrogen-bond donors (Lipinski definition) is 1. The van der Waals surface area contributed by atoms with Crippen LogP contribution in [0.1, 0.15) is 36.6 Å². The van der Waals surface area contributed by atoms with E-state index in [4.69, 9.17) is 4.98 Å². The number of fused-ring (bicyclic) bond motifs is 1. The average Bonchev–Trinajstić information content (AvgIpc) is 2.82. The Balaban J connectivity index is 2.23. The molecule has 0 spiro atoms. The van der Waals surface area contributed by atoms with Crippen LogP contribution < -0.4 is 0 Å². The molecule has 1 aromatic carbocycles. The van der Waals surface area contributed by atoms with Gasteiger partial charge >= 0.3 is 0 Å². The Morgan fingerprint density at radius 1 is 1.15 bits per heavy atom. The van der Waals surface area contributed by atoms with Crippen LogP contribution >= 0.6 is 0 Å². The zero-order valence-electron chi connectivity index (χ0n) is 12.2. The van der Waals surface area contributed by atoms with Crippen molar-refractivity contribution in [1.29, 1.82) is 0 Å². The first kappa shape index (κ1) is 12.8. The molecule has 4 nitrogen and oxygen atoms in total. The molecule has 0 bridgehead atoms. The van der Waals surface area contributed by atoms with E-state index in [1.165, 1.54) is 11.1 Å². The van der Waals surface area contributed by atoms with Crippen molar-refractivity contribution >= 4 is 11.0 Å². The minimum absolute atomic E-state index is 0.337. The normalized spacial score (nSPS) is 11.4. The molecule has 3 aromatic rings. The van der Waals surface area contributed by atoms with Crippen LogP contribution in [0.3, 0.4) is 0 Å². The average molecular weight is 266 g/mol. The summed E-state index contributed by atoms with van der Waals surface area (Å²) in [5.41, 5.74) is 6.51. The number of benzene rings is 1. The molecule has 102 valence electrons. The van der Waals surface area contributed by atoms with Crippen LogP contribution in [0, 0.1) is 13.8 Å². The van der Waals surface area contributed by atoms with E-state index in [2.05, 4.69) is 54.8 Å². The van der Waals surface area contributed by atoms with Gasteiger partial charge in [-0.05, 0) is 37.0 Å².